The summed E-state index contributed by atoms with van der Waals surface area (Å²) in [6.07, 6.45) is -8.51. The molecule has 38 heavy (non-hydrogen) atoms. The average Bonchev–Trinajstić information content (AvgIpc) is 3.44. The molecule has 204 valence electrons. The zero-order valence-electron chi connectivity index (χ0n) is 21.0. The number of ether oxygens (including phenoxy) is 3. The van der Waals surface area contributed by atoms with Gasteiger partial charge in [-0.25, -0.2) is 4.79 Å². The summed E-state index contributed by atoms with van der Waals surface area (Å²) in [5.41, 5.74) is 3.01. The number of carbonyl (C=O) groups is 3. The number of hydrogen-bond acceptors (Lipinski definition) is 8. The number of halogens is 3. The van der Waals surface area contributed by atoms with E-state index in [0.29, 0.717) is 24.5 Å². The second-order valence-corrected chi connectivity index (χ2v) is 11.4. The van der Waals surface area contributed by atoms with Crippen LogP contribution in [0.4, 0.5) is 13.2 Å². The zero-order chi connectivity index (χ0) is 28.2. The van der Waals surface area contributed by atoms with Gasteiger partial charge in [0.2, 0.25) is 6.10 Å². The van der Waals surface area contributed by atoms with E-state index < -0.39 is 81.9 Å². The highest BCUT2D eigenvalue weighted by Gasteiger charge is 2.70. The van der Waals surface area contributed by atoms with Gasteiger partial charge in [-0.05, 0) is 18.1 Å². The van der Waals surface area contributed by atoms with Gasteiger partial charge in [0, 0.05) is 11.8 Å². The Bertz CT molecular complexity index is 1260. The predicted octanol–water partition coefficient (Wildman–Crippen LogP) is -1.22. The molecular formula is C22H26B3F3O9S. The Morgan fingerprint density at radius 3 is 2.37 bits per heavy atom. The number of hydrogen-bond donors (Lipinski definition) is 1. The van der Waals surface area contributed by atoms with Gasteiger partial charge in [0.05, 0.1) is 5.56 Å². The molecule has 1 saturated heterocycles. The van der Waals surface area contributed by atoms with Crippen molar-refractivity contribution >= 4 is 51.6 Å². The molecule has 2 aliphatic carbocycles. The number of esters is 3. The Morgan fingerprint density at radius 2 is 1.82 bits per heavy atom. The summed E-state index contributed by atoms with van der Waals surface area (Å²) in [7, 11) is 0.654. The first-order valence-corrected chi connectivity index (χ1v) is 14.1. The van der Waals surface area contributed by atoms with Crippen LogP contribution in [-0.4, -0.2) is 84.7 Å². The van der Waals surface area contributed by atoms with E-state index in [1.54, 1.807) is 6.07 Å². The van der Waals surface area contributed by atoms with Crippen LogP contribution < -0.4 is 0 Å². The highest BCUT2D eigenvalue weighted by Crippen LogP contribution is 2.59. The number of fused-ring (bicyclic) bond motifs is 1. The minimum absolute atomic E-state index is 0.184. The minimum Gasteiger partial charge on any atom is -0.461 e. The molecule has 3 aliphatic rings. The van der Waals surface area contributed by atoms with Crippen molar-refractivity contribution in [2.24, 2.45) is 23.7 Å². The Hall–Kier alpha value is -2.48. The fraction of sp³-hybridized carbons (Fsp3) is 0.591. The molecule has 0 amide bonds. The Balaban J connectivity index is 1.61. The van der Waals surface area contributed by atoms with Crippen molar-refractivity contribution < 1.29 is 54.7 Å². The Morgan fingerprint density at radius 1 is 1.13 bits per heavy atom. The highest BCUT2D eigenvalue weighted by molar-refractivity contribution is 7.85. The molecule has 1 aromatic rings. The van der Waals surface area contributed by atoms with E-state index in [9.17, 15) is 36.0 Å². The van der Waals surface area contributed by atoms with Crippen molar-refractivity contribution in [2.45, 2.75) is 49.9 Å². The molecule has 0 aromatic heterocycles. The van der Waals surface area contributed by atoms with E-state index in [2.05, 4.69) is 4.74 Å². The molecule has 4 rings (SSSR count). The third-order valence-corrected chi connectivity index (χ3v) is 8.53. The second-order valence-electron chi connectivity index (χ2n) is 9.94. The standard InChI is InChI=1S/C22H26B3F3O9S/c23-4-8-1-9(5-24)13(6-25)10(2-8)19(29)36-17-11-3-12-16(17)21(31)37-18(12)15(11)20(30)35-14(22(26,27)28)7-38(32,33)34/h1-2,11-12,14-18H,3-7,23-25H2,(H,32,33,34). The van der Waals surface area contributed by atoms with Crippen molar-refractivity contribution in [1.82, 2.24) is 0 Å². The largest absolute Gasteiger partial charge is 0.461 e. The van der Waals surface area contributed by atoms with Crippen molar-refractivity contribution in [1.29, 1.82) is 0 Å². The van der Waals surface area contributed by atoms with Crippen LogP contribution in [0, 0.1) is 23.7 Å². The van der Waals surface area contributed by atoms with Crippen LogP contribution in [0.5, 0.6) is 0 Å². The van der Waals surface area contributed by atoms with Crippen molar-refractivity contribution in [2.75, 3.05) is 5.75 Å². The molecule has 0 spiro atoms. The molecule has 2 bridgehead atoms. The molecule has 1 aromatic carbocycles. The number of rotatable bonds is 9. The maximum Gasteiger partial charge on any atom is 0.426 e. The summed E-state index contributed by atoms with van der Waals surface area (Å²) in [6, 6.07) is 3.74. The molecule has 1 aliphatic heterocycles. The second kappa shape index (κ2) is 10.3. The molecule has 1 N–H and O–H groups in total. The first kappa shape index (κ1) is 28.5. The average molecular weight is 556 g/mol. The number of benzene rings is 1. The lowest BCUT2D eigenvalue weighted by Gasteiger charge is -2.31. The van der Waals surface area contributed by atoms with Gasteiger partial charge in [-0.1, -0.05) is 36.2 Å². The van der Waals surface area contributed by atoms with Gasteiger partial charge in [0.15, 0.2) is 0 Å². The van der Waals surface area contributed by atoms with E-state index in [4.69, 9.17) is 14.0 Å². The van der Waals surface area contributed by atoms with E-state index in [1.807, 2.05) is 29.6 Å². The van der Waals surface area contributed by atoms with Gasteiger partial charge >= 0.3 is 24.1 Å². The predicted molar refractivity (Wildman–Crippen MR) is 133 cm³/mol. The van der Waals surface area contributed by atoms with E-state index in [-0.39, 0.29) is 6.42 Å². The lowest BCUT2D eigenvalue weighted by Crippen LogP contribution is -2.47. The lowest BCUT2D eigenvalue weighted by molar-refractivity contribution is -0.220. The van der Waals surface area contributed by atoms with Gasteiger partial charge in [-0.3, -0.25) is 14.1 Å². The molecule has 3 fully saturated rings. The first-order valence-electron chi connectivity index (χ1n) is 12.5. The van der Waals surface area contributed by atoms with Crippen LogP contribution in [0.25, 0.3) is 0 Å². The fourth-order valence-electron chi connectivity index (χ4n) is 6.17. The Kier molecular flexibility index (Phi) is 7.70. The van der Waals surface area contributed by atoms with Gasteiger partial charge in [-0.2, -0.15) is 21.6 Å². The molecule has 9 nitrogen and oxygen atoms in total. The van der Waals surface area contributed by atoms with Crippen LogP contribution in [0.2, 0.25) is 0 Å². The lowest BCUT2D eigenvalue weighted by atomic mass is 9.79. The van der Waals surface area contributed by atoms with Gasteiger partial charge < -0.3 is 14.2 Å². The van der Waals surface area contributed by atoms with E-state index in [0.717, 1.165) is 16.7 Å². The summed E-state index contributed by atoms with van der Waals surface area (Å²) >= 11 is 0. The van der Waals surface area contributed by atoms with E-state index >= 15 is 0 Å². The fourth-order valence-corrected chi connectivity index (χ4v) is 6.81. The van der Waals surface area contributed by atoms with Crippen LogP contribution in [0.3, 0.4) is 0 Å². The minimum atomic E-state index is -5.28. The summed E-state index contributed by atoms with van der Waals surface area (Å²) in [5, 5.41) is 0. The summed E-state index contributed by atoms with van der Waals surface area (Å²) in [5.74, 6) is -8.39. The third kappa shape index (κ3) is 5.21. The molecule has 0 radical (unpaired) electrons. The number of alkyl halides is 3. The van der Waals surface area contributed by atoms with E-state index in [1.165, 1.54) is 0 Å². The molecule has 2 saturated carbocycles. The Labute approximate surface area is 220 Å². The van der Waals surface area contributed by atoms with Gasteiger partial charge in [-0.15, -0.1) is 0 Å². The van der Waals surface area contributed by atoms with Crippen LogP contribution in [0.15, 0.2) is 12.1 Å². The SMILES string of the molecule is BCc1cc(CB)c(CB)c(C(=O)OC2C3CC4C(OC(=O)C42)C3C(=O)OC(CS(=O)(=O)O)C(F)(F)F)c1. The maximum atomic E-state index is 13.4. The molecule has 1 heterocycles. The highest BCUT2D eigenvalue weighted by atomic mass is 32.2. The van der Waals surface area contributed by atoms with Gasteiger partial charge in [0.1, 0.15) is 53.3 Å². The summed E-state index contributed by atoms with van der Waals surface area (Å²) in [6.45, 7) is 0. The molecule has 7 atom stereocenters. The molecule has 16 heteroatoms. The van der Waals surface area contributed by atoms with Crippen LogP contribution >= 0.6 is 0 Å². The zero-order valence-corrected chi connectivity index (χ0v) is 21.8. The van der Waals surface area contributed by atoms with Crippen molar-refractivity contribution in [3.63, 3.8) is 0 Å². The smallest absolute Gasteiger partial charge is 0.426 e. The third-order valence-electron chi connectivity index (χ3n) is 7.81. The van der Waals surface area contributed by atoms with Gasteiger partial charge in [0.25, 0.3) is 10.1 Å². The quantitative estimate of drug-likeness (QED) is 0.172. The first-order chi connectivity index (χ1) is 17.7. The van der Waals surface area contributed by atoms with Crippen LogP contribution in [0.1, 0.15) is 33.5 Å². The van der Waals surface area contributed by atoms with Crippen molar-refractivity contribution in [3.05, 3.63) is 34.4 Å². The monoisotopic (exact) mass is 556 g/mol. The van der Waals surface area contributed by atoms with Crippen LogP contribution in [-0.2, 0) is 52.9 Å². The normalized spacial score (nSPS) is 28.7. The molecule has 7 unspecified atom stereocenters. The molecular weight excluding hydrogens is 530 g/mol. The number of carbonyl (C=O) groups excluding carboxylic acids is 3. The van der Waals surface area contributed by atoms with Crippen molar-refractivity contribution in [3.8, 4) is 0 Å². The maximum absolute atomic E-state index is 13.4. The summed E-state index contributed by atoms with van der Waals surface area (Å²) < 4.78 is 86.7. The summed E-state index contributed by atoms with van der Waals surface area (Å²) in [4.78, 5) is 38.9. The topological polar surface area (TPSA) is 133 Å².